The Kier molecular flexibility index (Phi) is 3.55. The smallest absolute Gasteiger partial charge is 0.166 e. The summed E-state index contributed by atoms with van der Waals surface area (Å²) in [5, 5.41) is 1.42. The first-order valence-electron chi connectivity index (χ1n) is 3.66. The van der Waals surface area contributed by atoms with Crippen molar-refractivity contribution >= 4 is 30.2 Å². The molecule has 0 atom stereocenters. The number of halogens is 3. The van der Waals surface area contributed by atoms with Crippen LogP contribution in [0.15, 0.2) is 29.7 Å². The minimum Gasteiger partial charge on any atom is -0.166 e. The first kappa shape index (κ1) is 11.5. The third-order valence-electron chi connectivity index (χ3n) is 1.63. The van der Waals surface area contributed by atoms with E-state index in [1.165, 1.54) is 17.5 Å². The van der Waals surface area contributed by atoms with Gasteiger partial charge in [0.2, 0.25) is 0 Å². The van der Waals surface area contributed by atoms with Crippen LogP contribution in [0.4, 0.5) is 13.2 Å². The van der Waals surface area contributed by atoms with Crippen molar-refractivity contribution in [2.75, 3.05) is 0 Å². The van der Waals surface area contributed by atoms with Gasteiger partial charge in [-0.2, -0.15) is 25.8 Å². The lowest BCUT2D eigenvalue weighted by atomic mass is 10.1. The van der Waals surface area contributed by atoms with E-state index in [1.54, 1.807) is 0 Å². The Balaban J connectivity index is 3.01. The predicted octanol–water partition coefficient (Wildman–Crippen LogP) is 3.86. The lowest BCUT2D eigenvalue weighted by molar-refractivity contribution is -0.137. The predicted molar refractivity (Wildman–Crippen MR) is 57.4 cm³/mol. The third-order valence-corrected chi connectivity index (χ3v) is 2.48. The monoisotopic (exact) mass is 236 g/mol. The molecule has 0 aromatic heterocycles. The van der Waals surface area contributed by atoms with Crippen LogP contribution in [-0.4, -0.2) is 0 Å². The van der Waals surface area contributed by atoms with Gasteiger partial charge in [0.15, 0.2) is 0 Å². The summed E-state index contributed by atoms with van der Waals surface area (Å²) < 4.78 is 36.5. The van der Waals surface area contributed by atoms with Crippen molar-refractivity contribution in [3.05, 3.63) is 40.8 Å². The normalized spacial score (nSPS) is 13.1. The fourth-order valence-electron chi connectivity index (χ4n) is 0.905. The van der Waals surface area contributed by atoms with E-state index in [9.17, 15) is 13.2 Å². The van der Waals surface area contributed by atoms with Gasteiger partial charge in [-0.05, 0) is 23.1 Å². The lowest BCUT2D eigenvalue weighted by Gasteiger charge is -2.07. The molecule has 0 heterocycles. The first-order chi connectivity index (χ1) is 6.45. The zero-order valence-electron chi connectivity index (χ0n) is 6.92. The molecule has 0 aliphatic rings. The van der Waals surface area contributed by atoms with Crippen molar-refractivity contribution in [1.82, 2.24) is 0 Å². The zero-order chi connectivity index (χ0) is 10.8. The average Bonchev–Trinajstić information content (AvgIpc) is 2.15. The largest absolute Gasteiger partial charge is 0.416 e. The molecule has 5 heteroatoms. The topological polar surface area (TPSA) is 0 Å². The molecular formula is C9H7F3S2. The second-order valence-electron chi connectivity index (χ2n) is 2.59. The molecule has 0 aliphatic carbocycles. The fraction of sp³-hybridized carbons (Fsp3) is 0.111. The molecule has 0 fully saturated rings. The number of thiol groups is 2. The molecule has 14 heavy (non-hydrogen) atoms. The van der Waals surface area contributed by atoms with Crippen molar-refractivity contribution < 1.29 is 13.2 Å². The highest BCUT2D eigenvalue weighted by molar-refractivity contribution is 7.92. The van der Waals surface area contributed by atoms with Crippen molar-refractivity contribution in [3.63, 3.8) is 0 Å². The Morgan fingerprint density at radius 3 is 2.00 bits per heavy atom. The fourth-order valence-corrected chi connectivity index (χ4v) is 1.20. The average molecular weight is 236 g/mol. The van der Waals surface area contributed by atoms with Crippen LogP contribution in [0.5, 0.6) is 0 Å². The van der Waals surface area contributed by atoms with Crippen LogP contribution >= 0.6 is 25.3 Å². The molecule has 0 N–H and O–H groups in total. The van der Waals surface area contributed by atoms with E-state index < -0.39 is 11.7 Å². The highest BCUT2D eigenvalue weighted by atomic mass is 32.1. The molecule has 0 aliphatic heterocycles. The number of rotatable bonds is 1. The number of alkyl halides is 3. The van der Waals surface area contributed by atoms with Gasteiger partial charge in [0.25, 0.3) is 0 Å². The van der Waals surface area contributed by atoms with Gasteiger partial charge in [-0.25, -0.2) is 0 Å². The maximum absolute atomic E-state index is 12.2. The maximum atomic E-state index is 12.2. The van der Waals surface area contributed by atoms with Gasteiger partial charge in [0.05, 0.1) is 5.56 Å². The summed E-state index contributed by atoms with van der Waals surface area (Å²) in [6, 6.07) is 4.75. The van der Waals surface area contributed by atoms with Crippen molar-refractivity contribution in [1.29, 1.82) is 0 Å². The minimum atomic E-state index is -4.29. The van der Waals surface area contributed by atoms with Gasteiger partial charge in [-0.1, -0.05) is 12.1 Å². The highest BCUT2D eigenvalue weighted by Gasteiger charge is 2.29. The number of hydrogen-bond acceptors (Lipinski definition) is 2. The van der Waals surface area contributed by atoms with E-state index >= 15 is 0 Å². The van der Waals surface area contributed by atoms with Gasteiger partial charge in [0, 0.05) is 4.91 Å². The molecule has 0 nitrogen and oxygen atoms in total. The molecule has 1 rings (SSSR count). The standard InChI is InChI=1S/C9H7F3S2/c10-9(11,12)7-3-1-6(2-4-7)8(14)5-13/h1-5,13-14H/b8-5-. The number of hydrogen-bond donors (Lipinski definition) is 2. The molecular weight excluding hydrogens is 229 g/mol. The second kappa shape index (κ2) is 4.31. The summed E-state index contributed by atoms with van der Waals surface area (Å²) in [5.74, 6) is 0. The zero-order valence-corrected chi connectivity index (χ0v) is 8.70. The lowest BCUT2D eigenvalue weighted by Crippen LogP contribution is -2.04. The van der Waals surface area contributed by atoms with Crippen LogP contribution in [-0.2, 0) is 6.18 Å². The Morgan fingerprint density at radius 2 is 1.64 bits per heavy atom. The van der Waals surface area contributed by atoms with Crippen LogP contribution in [0.3, 0.4) is 0 Å². The van der Waals surface area contributed by atoms with E-state index in [4.69, 9.17) is 0 Å². The van der Waals surface area contributed by atoms with Crippen LogP contribution in [0.25, 0.3) is 4.91 Å². The highest BCUT2D eigenvalue weighted by Crippen LogP contribution is 2.30. The van der Waals surface area contributed by atoms with Gasteiger partial charge in [-0.3, -0.25) is 0 Å². The molecule has 76 valence electrons. The molecule has 0 spiro atoms. The maximum Gasteiger partial charge on any atom is 0.416 e. The third kappa shape index (κ3) is 2.72. The van der Waals surface area contributed by atoms with E-state index in [-0.39, 0.29) is 0 Å². The first-order valence-corrected chi connectivity index (χ1v) is 4.62. The molecule has 0 bridgehead atoms. The minimum absolute atomic E-state index is 0.530. The van der Waals surface area contributed by atoms with Gasteiger partial charge in [-0.15, -0.1) is 12.6 Å². The molecule has 0 saturated carbocycles. The van der Waals surface area contributed by atoms with Crippen molar-refractivity contribution in [2.24, 2.45) is 0 Å². The van der Waals surface area contributed by atoms with Gasteiger partial charge >= 0.3 is 6.18 Å². The molecule has 1 aromatic rings. The quantitative estimate of drug-likeness (QED) is 0.680. The van der Waals surface area contributed by atoms with E-state index in [0.29, 0.717) is 10.5 Å². The van der Waals surface area contributed by atoms with Gasteiger partial charge in [0.1, 0.15) is 0 Å². The van der Waals surface area contributed by atoms with Crippen LogP contribution in [0, 0.1) is 0 Å². The van der Waals surface area contributed by atoms with E-state index in [1.807, 2.05) is 0 Å². The SMILES string of the molecule is FC(F)(F)c1ccc(/C(S)=C/S)cc1. The van der Waals surface area contributed by atoms with Crippen LogP contribution in [0.1, 0.15) is 11.1 Å². The molecule has 0 radical (unpaired) electrons. The Morgan fingerprint density at radius 1 is 1.14 bits per heavy atom. The Labute approximate surface area is 90.6 Å². The summed E-state index contributed by atoms with van der Waals surface area (Å²) in [5.41, 5.74) is -0.0575. The molecule has 0 amide bonds. The van der Waals surface area contributed by atoms with E-state index in [0.717, 1.165) is 12.1 Å². The molecule has 1 aromatic carbocycles. The Bertz CT molecular complexity index is 338. The Hall–Kier alpha value is -0.550. The van der Waals surface area contributed by atoms with Gasteiger partial charge < -0.3 is 0 Å². The van der Waals surface area contributed by atoms with Crippen LogP contribution in [0.2, 0.25) is 0 Å². The molecule has 0 unspecified atom stereocenters. The number of benzene rings is 1. The van der Waals surface area contributed by atoms with Crippen molar-refractivity contribution in [2.45, 2.75) is 6.18 Å². The van der Waals surface area contributed by atoms with Crippen LogP contribution < -0.4 is 0 Å². The summed E-state index contributed by atoms with van der Waals surface area (Å²) in [7, 11) is 0. The van der Waals surface area contributed by atoms with E-state index in [2.05, 4.69) is 25.3 Å². The molecule has 0 saturated heterocycles. The second-order valence-corrected chi connectivity index (χ2v) is 3.33. The summed E-state index contributed by atoms with van der Waals surface area (Å²) in [6.07, 6.45) is -4.29. The summed E-state index contributed by atoms with van der Waals surface area (Å²) in [4.78, 5) is 0.530. The van der Waals surface area contributed by atoms with Crippen molar-refractivity contribution in [3.8, 4) is 0 Å². The summed E-state index contributed by atoms with van der Waals surface area (Å²) in [6.45, 7) is 0. The summed E-state index contributed by atoms with van der Waals surface area (Å²) >= 11 is 7.88.